The first-order valence-corrected chi connectivity index (χ1v) is 10.1. The third kappa shape index (κ3) is 4.52. The Morgan fingerprint density at radius 1 is 0.667 bits per heavy atom. The summed E-state index contributed by atoms with van der Waals surface area (Å²) in [5, 5.41) is 21.5. The van der Waals surface area contributed by atoms with Gasteiger partial charge in [0.25, 0.3) is 11.4 Å². The molecule has 5 rings (SSSR count). The highest BCUT2D eigenvalue weighted by molar-refractivity contribution is 6.11. The Morgan fingerprint density at radius 2 is 1.30 bits per heavy atom. The van der Waals surface area contributed by atoms with Gasteiger partial charge < -0.3 is 0 Å². The average molecular weight is 438 g/mol. The Labute approximate surface area is 189 Å². The molecular weight excluding hydrogens is 420 g/mol. The zero-order valence-electron chi connectivity index (χ0n) is 17.4. The van der Waals surface area contributed by atoms with Crippen LogP contribution in [0.4, 0.5) is 11.4 Å². The number of carbonyl (C=O) groups excluding carboxylic acids is 1. The van der Waals surface area contributed by atoms with E-state index in [2.05, 4.69) is 12.1 Å². The fraction of sp³-hybridized carbons (Fsp3) is 0.0385. The van der Waals surface area contributed by atoms with E-state index in [0.29, 0.717) is 5.56 Å². The van der Waals surface area contributed by atoms with E-state index in [1.807, 2.05) is 18.2 Å². The van der Waals surface area contributed by atoms with Crippen LogP contribution in [0, 0.1) is 20.2 Å². The predicted octanol–water partition coefficient (Wildman–Crippen LogP) is 5.99. The van der Waals surface area contributed by atoms with Crippen molar-refractivity contribution in [3.63, 3.8) is 0 Å². The first kappa shape index (κ1) is 21.6. The van der Waals surface area contributed by atoms with E-state index < -0.39 is 4.92 Å². The lowest BCUT2D eigenvalue weighted by atomic mass is 10.0. The second-order valence-corrected chi connectivity index (χ2v) is 7.40. The van der Waals surface area contributed by atoms with Crippen molar-refractivity contribution in [2.24, 2.45) is 0 Å². The molecule has 0 fully saturated rings. The maximum atomic E-state index is 12.1. The molecule has 1 aliphatic carbocycles. The van der Waals surface area contributed by atoms with Crippen molar-refractivity contribution in [2.45, 2.75) is 6.42 Å². The van der Waals surface area contributed by atoms with Gasteiger partial charge in [0.15, 0.2) is 5.78 Å². The molecule has 0 atom stereocenters. The van der Waals surface area contributed by atoms with Crippen LogP contribution in [0.3, 0.4) is 0 Å². The van der Waals surface area contributed by atoms with E-state index in [4.69, 9.17) is 0 Å². The van der Waals surface area contributed by atoms with Gasteiger partial charge in [0, 0.05) is 23.8 Å². The third-order valence-corrected chi connectivity index (χ3v) is 5.37. The molecule has 0 amide bonds. The summed E-state index contributed by atoms with van der Waals surface area (Å²) >= 11 is 0. The Hall–Kier alpha value is -4.65. The fourth-order valence-electron chi connectivity index (χ4n) is 3.81. The fourth-order valence-corrected chi connectivity index (χ4v) is 3.81. The second-order valence-electron chi connectivity index (χ2n) is 7.40. The van der Waals surface area contributed by atoms with Crippen LogP contribution in [0.15, 0.2) is 97.1 Å². The van der Waals surface area contributed by atoms with Crippen molar-refractivity contribution in [3.8, 4) is 11.1 Å². The van der Waals surface area contributed by atoms with Gasteiger partial charge in [-0.15, -0.1) is 0 Å². The van der Waals surface area contributed by atoms with Crippen LogP contribution in [0.5, 0.6) is 0 Å². The molecule has 4 aromatic rings. The predicted molar refractivity (Wildman–Crippen MR) is 124 cm³/mol. The summed E-state index contributed by atoms with van der Waals surface area (Å²) in [4.78, 5) is 32.7. The number of hydrogen-bond acceptors (Lipinski definition) is 5. The molecule has 0 saturated heterocycles. The normalized spacial score (nSPS) is 10.9. The molecule has 4 aromatic carbocycles. The summed E-state index contributed by atoms with van der Waals surface area (Å²) in [6.45, 7) is 0. The first-order chi connectivity index (χ1) is 16.0. The first-order valence-electron chi connectivity index (χ1n) is 10.1. The molecule has 0 N–H and O–H groups in total. The largest absolute Gasteiger partial charge is 0.288 e. The Morgan fingerprint density at radius 3 is 2.03 bits per heavy atom. The van der Waals surface area contributed by atoms with E-state index in [1.54, 1.807) is 54.6 Å². The highest BCUT2D eigenvalue weighted by Gasteiger charge is 2.21. The van der Waals surface area contributed by atoms with Crippen molar-refractivity contribution in [2.75, 3.05) is 0 Å². The lowest BCUT2D eigenvalue weighted by molar-refractivity contribution is -0.385. The summed E-state index contributed by atoms with van der Waals surface area (Å²) in [7, 11) is 0. The van der Waals surface area contributed by atoms with E-state index >= 15 is 0 Å². The molecule has 0 aromatic heterocycles. The number of nitro benzene ring substituents is 2. The minimum Gasteiger partial charge on any atom is -0.288 e. The van der Waals surface area contributed by atoms with Gasteiger partial charge in [-0.2, -0.15) is 0 Å². The molecule has 7 nitrogen and oxygen atoms in total. The zero-order valence-corrected chi connectivity index (χ0v) is 17.4. The SMILES string of the molecule is O=C(c1ccccc1)c1ccccc1[N+](=O)[O-].O=[N+]([O-])c1ccc2c(c1)Cc1ccccc1-2. The lowest BCUT2D eigenvalue weighted by Crippen LogP contribution is -2.04. The van der Waals surface area contributed by atoms with Gasteiger partial charge in [-0.25, -0.2) is 0 Å². The molecule has 0 spiro atoms. The molecule has 7 heteroatoms. The minimum atomic E-state index is -0.545. The second kappa shape index (κ2) is 9.23. The lowest BCUT2D eigenvalue weighted by Gasteiger charge is -2.01. The maximum Gasteiger partial charge on any atom is 0.280 e. The van der Waals surface area contributed by atoms with Gasteiger partial charge in [-0.3, -0.25) is 25.0 Å². The molecule has 33 heavy (non-hydrogen) atoms. The van der Waals surface area contributed by atoms with E-state index in [-0.39, 0.29) is 27.6 Å². The van der Waals surface area contributed by atoms with E-state index in [0.717, 1.165) is 17.5 Å². The van der Waals surface area contributed by atoms with E-state index in [9.17, 15) is 25.0 Å². The van der Waals surface area contributed by atoms with Gasteiger partial charge >= 0.3 is 0 Å². The third-order valence-electron chi connectivity index (χ3n) is 5.37. The Kier molecular flexibility index (Phi) is 6.04. The van der Waals surface area contributed by atoms with Crippen LogP contribution >= 0.6 is 0 Å². The highest BCUT2D eigenvalue weighted by atomic mass is 16.6. The molecule has 0 aliphatic heterocycles. The summed E-state index contributed by atoms with van der Waals surface area (Å²) < 4.78 is 0. The Bertz CT molecular complexity index is 1370. The van der Waals surface area contributed by atoms with Crippen molar-refractivity contribution in [3.05, 3.63) is 140 Å². The van der Waals surface area contributed by atoms with Crippen molar-refractivity contribution < 1.29 is 14.6 Å². The molecule has 0 radical (unpaired) electrons. The topological polar surface area (TPSA) is 103 Å². The summed E-state index contributed by atoms with van der Waals surface area (Å²) in [5.41, 5.74) is 5.19. The van der Waals surface area contributed by atoms with Crippen LogP contribution < -0.4 is 0 Å². The minimum absolute atomic E-state index is 0.115. The van der Waals surface area contributed by atoms with Gasteiger partial charge in [0.1, 0.15) is 5.56 Å². The molecular formula is C26H18N2O5. The molecule has 0 saturated carbocycles. The number of hydrogen-bond donors (Lipinski definition) is 0. The Balaban J connectivity index is 0.000000157. The van der Waals surface area contributed by atoms with Crippen LogP contribution in [-0.2, 0) is 6.42 Å². The monoisotopic (exact) mass is 438 g/mol. The highest BCUT2D eigenvalue weighted by Crippen LogP contribution is 2.37. The van der Waals surface area contributed by atoms with Crippen LogP contribution in [0.1, 0.15) is 27.0 Å². The number of fused-ring (bicyclic) bond motifs is 3. The number of nitrogens with zero attached hydrogens (tertiary/aromatic N) is 2. The van der Waals surface area contributed by atoms with Crippen molar-refractivity contribution in [1.29, 1.82) is 0 Å². The molecule has 0 unspecified atom stereocenters. The van der Waals surface area contributed by atoms with E-state index in [1.165, 1.54) is 23.3 Å². The number of benzene rings is 4. The zero-order chi connectivity index (χ0) is 23.4. The average Bonchev–Trinajstić information content (AvgIpc) is 3.22. The molecule has 0 bridgehead atoms. The number of non-ortho nitro benzene ring substituents is 1. The number of nitro groups is 2. The molecule has 162 valence electrons. The van der Waals surface area contributed by atoms with Crippen LogP contribution in [0.25, 0.3) is 11.1 Å². The smallest absolute Gasteiger partial charge is 0.280 e. The standard InChI is InChI=1S/C13H9NO3.C13H9NO2/c15-13(10-6-2-1-3-7-10)11-8-4-5-9-12(11)14(16)17;15-14(16)11-5-6-13-10(8-11)7-9-3-1-2-4-12(9)13/h1-9H;1-6,8H,7H2. The van der Waals surface area contributed by atoms with Gasteiger partial charge in [-0.05, 0) is 40.8 Å². The van der Waals surface area contributed by atoms with Gasteiger partial charge in [0.2, 0.25) is 0 Å². The van der Waals surface area contributed by atoms with Gasteiger partial charge in [-0.1, -0.05) is 66.7 Å². The summed E-state index contributed by atoms with van der Waals surface area (Å²) in [5.74, 6) is -0.335. The number of rotatable bonds is 4. The quantitative estimate of drug-likeness (QED) is 0.195. The van der Waals surface area contributed by atoms with Crippen LogP contribution in [-0.4, -0.2) is 15.6 Å². The summed E-state index contributed by atoms with van der Waals surface area (Å²) in [6, 6.07) is 27.7. The number of ketones is 1. The summed E-state index contributed by atoms with van der Waals surface area (Å²) in [6.07, 6.45) is 0.799. The molecule has 1 aliphatic rings. The maximum absolute atomic E-state index is 12.1. The van der Waals surface area contributed by atoms with Crippen molar-refractivity contribution in [1.82, 2.24) is 0 Å². The van der Waals surface area contributed by atoms with Crippen molar-refractivity contribution >= 4 is 17.2 Å². The number of para-hydroxylation sites is 1. The number of carbonyl (C=O) groups is 1. The van der Waals surface area contributed by atoms with Crippen LogP contribution in [0.2, 0.25) is 0 Å². The van der Waals surface area contributed by atoms with Gasteiger partial charge in [0.05, 0.1) is 9.85 Å². The molecule has 0 heterocycles.